The minimum atomic E-state index is -2.15. The molecular weight excluding hydrogens is 188 g/mol. The predicted octanol–water partition coefficient (Wildman–Crippen LogP) is 1.05. The number of aromatic amines is 1. The lowest BCUT2D eigenvalue weighted by Gasteiger charge is -1.98. The van der Waals surface area contributed by atoms with Gasteiger partial charge in [-0.3, -0.25) is 5.10 Å². The van der Waals surface area contributed by atoms with E-state index in [9.17, 15) is 4.21 Å². The van der Waals surface area contributed by atoms with Gasteiger partial charge in [-0.25, -0.2) is 4.21 Å². The molecule has 5 nitrogen and oxygen atoms in total. The van der Waals surface area contributed by atoms with Crippen molar-refractivity contribution in [3.63, 3.8) is 0 Å². The second-order valence-corrected chi connectivity index (χ2v) is 5.60. The van der Waals surface area contributed by atoms with Crippen LogP contribution >= 0.6 is 0 Å². The van der Waals surface area contributed by atoms with Crippen LogP contribution in [0.5, 0.6) is 0 Å². The molecule has 0 fully saturated rings. The van der Waals surface area contributed by atoms with E-state index in [1.165, 1.54) is 0 Å². The fourth-order valence-corrected chi connectivity index (χ4v) is 1.56. The molecule has 0 saturated carbocycles. The number of nitrogens with zero attached hydrogens (tertiary/aromatic N) is 2. The molecule has 0 aliphatic carbocycles. The fourth-order valence-electron chi connectivity index (χ4n) is 0.815. The van der Waals surface area contributed by atoms with Crippen LogP contribution in [0.15, 0.2) is 4.36 Å². The maximum Gasteiger partial charge on any atom is 0.172 e. The monoisotopic (exact) mass is 202 g/mol. The highest BCUT2D eigenvalue weighted by atomic mass is 32.2. The largest absolute Gasteiger partial charge is 0.380 e. The molecule has 0 aromatic carbocycles. The van der Waals surface area contributed by atoms with Crippen molar-refractivity contribution in [1.82, 2.24) is 10.2 Å². The van der Waals surface area contributed by atoms with Gasteiger partial charge in [0.1, 0.15) is 5.69 Å². The van der Waals surface area contributed by atoms with Crippen molar-refractivity contribution < 1.29 is 4.21 Å². The summed E-state index contributed by atoms with van der Waals surface area (Å²) in [5, 5.41) is 6.46. The van der Waals surface area contributed by atoms with Crippen LogP contribution in [0.25, 0.3) is 0 Å². The Bertz CT molecular complexity index is 395. The highest BCUT2D eigenvalue weighted by Crippen LogP contribution is 2.24. The van der Waals surface area contributed by atoms with Gasteiger partial charge in [-0.05, 0) is 6.92 Å². The number of anilines is 1. The summed E-state index contributed by atoms with van der Waals surface area (Å²) < 4.78 is 15.7. The van der Waals surface area contributed by atoms with Crippen LogP contribution in [-0.2, 0) is 9.73 Å². The molecule has 1 aromatic rings. The molecule has 0 unspecified atom stereocenters. The lowest BCUT2D eigenvalue weighted by molar-refractivity contribution is 0.681. The number of aryl methyl sites for hydroxylation is 1. The zero-order valence-corrected chi connectivity index (χ0v) is 8.81. The van der Waals surface area contributed by atoms with Gasteiger partial charge in [0.05, 0.1) is 5.69 Å². The zero-order valence-electron chi connectivity index (χ0n) is 8.00. The SMILES string of the molecule is CC[S@](C)(=O)=Nc1c(N)n[nH]c1C. The average Bonchev–Trinajstić information content (AvgIpc) is 2.36. The van der Waals surface area contributed by atoms with Crippen LogP contribution in [0.3, 0.4) is 0 Å². The molecule has 1 heterocycles. The Kier molecular flexibility index (Phi) is 2.60. The van der Waals surface area contributed by atoms with Crippen molar-refractivity contribution in [3.05, 3.63) is 5.69 Å². The third kappa shape index (κ3) is 2.21. The Morgan fingerprint density at radius 3 is 2.69 bits per heavy atom. The summed E-state index contributed by atoms with van der Waals surface area (Å²) in [4.78, 5) is 0. The minimum absolute atomic E-state index is 0.306. The lowest BCUT2D eigenvalue weighted by atomic mass is 10.4. The molecule has 0 saturated heterocycles. The van der Waals surface area contributed by atoms with Crippen molar-refractivity contribution in [2.75, 3.05) is 17.7 Å². The Labute approximate surface area is 77.9 Å². The molecule has 0 radical (unpaired) electrons. The van der Waals surface area contributed by atoms with Crippen LogP contribution < -0.4 is 5.73 Å². The van der Waals surface area contributed by atoms with Crippen LogP contribution in [0.1, 0.15) is 12.6 Å². The van der Waals surface area contributed by atoms with E-state index < -0.39 is 9.73 Å². The Morgan fingerprint density at radius 1 is 1.69 bits per heavy atom. The molecule has 0 amide bonds. The van der Waals surface area contributed by atoms with Crippen molar-refractivity contribution in [3.8, 4) is 0 Å². The molecule has 74 valence electrons. The van der Waals surface area contributed by atoms with Crippen LogP contribution in [0, 0.1) is 6.92 Å². The van der Waals surface area contributed by atoms with Gasteiger partial charge < -0.3 is 5.73 Å². The molecule has 1 rings (SSSR count). The quantitative estimate of drug-likeness (QED) is 0.751. The third-order valence-corrected chi connectivity index (χ3v) is 3.40. The average molecular weight is 202 g/mol. The number of hydrogen-bond acceptors (Lipinski definition) is 4. The molecule has 3 N–H and O–H groups in total. The predicted molar refractivity (Wildman–Crippen MR) is 54.4 cm³/mol. The van der Waals surface area contributed by atoms with E-state index in [-0.39, 0.29) is 0 Å². The first-order chi connectivity index (χ1) is 5.96. The number of nitrogens with one attached hydrogen (secondary N) is 1. The van der Waals surface area contributed by atoms with E-state index in [2.05, 4.69) is 14.6 Å². The van der Waals surface area contributed by atoms with Gasteiger partial charge in [0, 0.05) is 21.7 Å². The normalized spacial score (nSPS) is 15.3. The Balaban J connectivity index is 3.25. The van der Waals surface area contributed by atoms with Crippen molar-refractivity contribution >= 4 is 21.2 Å². The second kappa shape index (κ2) is 3.37. The zero-order chi connectivity index (χ0) is 10.1. The summed E-state index contributed by atoms with van der Waals surface area (Å²) in [5.74, 6) is 0.817. The molecule has 6 heteroatoms. The summed E-state index contributed by atoms with van der Waals surface area (Å²) in [5.41, 5.74) is 6.81. The first kappa shape index (κ1) is 10.0. The van der Waals surface area contributed by atoms with E-state index >= 15 is 0 Å². The minimum Gasteiger partial charge on any atom is -0.380 e. The van der Waals surface area contributed by atoms with E-state index in [0.717, 1.165) is 5.69 Å². The van der Waals surface area contributed by atoms with Crippen LogP contribution in [-0.4, -0.2) is 26.4 Å². The third-order valence-electron chi connectivity index (χ3n) is 1.76. The summed E-state index contributed by atoms with van der Waals surface area (Å²) in [7, 11) is -2.15. The van der Waals surface area contributed by atoms with Gasteiger partial charge in [0.2, 0.25) is 0 Å². The topological polar surface area (TPSA) is 84.1 Å². The molecule has 1 atom stereocenters. The van der Waals surface area contributed by atoms with Gasteiger partial charge in [0.15, 0.2) is 5.82 Å². The van der Waals surface area contributed by atoms with Gasteiger partial charge in [0.25, 0.3) is 0 Å². The molecule has 0 aliphatic heterocycles. The Morgan fingerprint density at radius 2 is 2.31 bits per heavy atom. The van der Waals surface area contributed by atoms with Gasteiger partial charge >= 0.3 is 0 Å². The lowest BCUT2D eigenvalue weighted by Crippen LogP contribution is -1.98. The van der Waals surface area contributed by atoms with E-state index in [1.807, 2.05) is 6.92 Å². The molecule has 0 spiro atoms. The van der Waals surface area contributed by atoms with E-state index in [0.29, 0.717) is 17.3 Å². The molecular formula is C7H14N4OS. The molecule has 1 aromatic heterocycles. The van der Waals surface area contributed by atoms with Gasteiger partial charge in [-0.1, -0.05) is 6.92 Å². The number of nitrogens with two attached hydrogens (primary N) is 1. The molecule has 0 aliphatic rings. The van der Waals surface area contributed by atoms with E-state index in [4.69, 9.17) is 5.73 Å². The number of H-pyrrole nitrogens is 1. The summed E-state index contributed by atoms with van der Waals surface area (Å²) >= 11 is 0. The summed E-state index contributed by atoms with van der Waals surface area (Å²) in [6.07, 6.45) is 1.61. The fraction of sp³-hybridized carbons (Fsp3) is 0.571. The number of rotatable bonds is 2. The van der Waals surface area contributed by atoms with Gasteiger partial charge in [-0.2, -0.15) is 9.46 Å². The maximum absolute atomic E-state index is 11.7. The first-order valence-electron chi connectivity index (χ1n) is 3.96. The molecule has 0 bridgehead atoms. The van der Waals surface area contributed by atoms with E-state index in [1.54, 1.807) is 13.2 Å². The Hall–Kier alpha value is -1.04. The summed E-state index contributed by atoms with van der Waals surface area (Å²) in [6.45, 7) is 3.63. The number of hydrogen-bond donors (Lipinski definition) is 2. The van der Waals surface area contributed by atoms with Crippen LogP contribution in [0.4, 0.5) is 11.5 Å². The maximum atomic E-state index is 11.7. The van der Waals surface area contributed by atoms with Crippen LogP contribution in [0.2, 0.25) is 0 Å². The van der Waals surface area contributed by atoms with Crippen molar-refractivity contribution in [2.45, 2.75) is 13.8 Å². The number of nitrogen functional groups attached to an aromatic ring is 1. The second-order valence-electron chi connectivity index (χ2n) is 2.92. The molecule has 13 heavy (non-hydrogen) atoms. The standard InChI is InChI=1S/C7H14N4OS/c1-4-13(3,12)11-6-5(2)9-10-7(6)8/h4H2,1-3H3,(H3,8,9,10)/t13-/m0/s1. The van der Waals surface area contributed by atoms with Gasteiger partial charge in [-0.15, -0.1) is 0 Å². The smallest absolute Gasteiger partial charge is 0.172 e. The number of aromatic nitrogens is 2. The van der Waals surface area contributed by atoms with Crippen molar-refractivity contribution in [2.24, 2.45) is 4.36 Å². The van der Waals surface area contributed by atoms with Crippen molar-refractivity contribution in [1.29, 1.82) is 0 Å². The highest BCUT2D eigenvalue weighted by molar-refractivity contribution is 7.93. The first-order valence-corrected chi connectivity index (χ1v) is 6.06. The summed E-state index contributed by atoms with van der Waals surface area (Å²) in [6, 6.07) is 0. The highest BCUT2D eigenvalue weighted by Gasteiger charge is 2.07.